The molecule has 17 heavy (non-hydrogen) atoms. The van der Waals surface area contributed by atoms with Crippen molar-refractivity contribution in [1.82, 2.24) is 14.8 Å². The Morgan fingerprint density at radius 3 is 3.18 bits per heavy atom. The molecule has 2 atom stereocenters. The van der Waals surface area contributed by atoms with Gasteiger partial charge in [0.15, 0.2) is 5.16 Å². The smallest absolute Gasteiger partial charge is 0.190 e. The number of thioether (sulfide) groups is 1. The molecule has 5 nitrogen and oxygen atoms in total. The van der Waals surface area contributed by atoms with Gasteiger partial charge in [0.1, 0.15) is 6.33 Å². The minimum absolute atomic E-state index is 0.341. The third kappa shape index (κ3) is 2.81. The Morgan fingerprint density at radius 2 is 2.53 bits per heavy atom. The standard InChI is InChI=1S/C11H20N4OS/c1-15-8-13-14-10(15)17-6-4-9-3-2-5-11(9,16)7-12/h8-9,16H,2-7,12H2,1H3. The first kappa shape index (κ1) is 12.9. The van der Waals surface area contributed by atoms with E-state index in [0.717, 1.165) is 36.6 Å². The third-order valence-electron chi connectivity index (χ3n) is 3.64. The first-order chi connectivity index (χ1) is 8.15. The summed E-state index contributed by atoms with van der Waals surface area (Å²) in [6.45, 7) is 0.381. The molecule has 1 aromatic rings. The molecule has 0 spiro atoms. The second-order valence-electron chi connectivity index (χ2n) is 4.76. The fourth-order valence-corrected chi connectivity index (χ4v) is 3.45. The summed E-state index contributed by atoms with van der Waals surface area (Å²) in [6.07, 6.45) is 5.72. The van der Waals surface area contributed by atoms with E-state index < -0.39 is 5.60 Å². The maximum atomic E-state index is 10.3. The van der Waals surface area contributed by atoms with Crippen LogP contribution in [0.15, 0.2) is 11.5 Å². The highest BCUT2D eigenvalue weighted by molar-refractivity contribution is 7.99. The molecule has 6 heteroatoms. The molecule has 1 aliphatic rings. The Hall–Kier alpha value is -0.590. The SMILES string of the molecule is Cn1cnnc1SCCC1CCCC1(O)CN. The van der Waals surface area contributed by atoms with E-state index in [4.69, 9.17) is 5.73 Å². The molecule has 0 amide bonds. The fraction of sp³-hybridized carbons (Fsp3) is 0.818. The lowest BCUT2D eigenvalue weighted by molar-refractivity contribution is 0.0103. The topological polar surface area (TPSA) is 77.0 Å². The maximum absolute atomic E-state index is 10.3. The summed E-state index contributed by atoms with van der Waals surface area (Å²) in [7, 11) is 1.94. The second kappa shape index (κ2) is 5.37. The molecule has 96 valence electrons. The van der Waals surface area contributed by atoms with Crippen LogP contribution in [0.2, 0.25) is 0 Å². The van der Waals surface area contributed by atoms with Gasteiger partial charge in [0.25, 0.3) is 0 Å². The van der Waals surface area contributed by atoms with Gasteiger partial charge in [0, 0.05) is 19.3 Å². The van der Waals surface area contributed by atoms with Crippen molar-refractivity contribution in [3.8, 4) is 0 Å². The first-order valence-electron chi connectivity index (χ1n) is 6.05. The zero-order chi connectivity index (χ0) is 12.3. The van der Waals surface area contributed by atoms with Crippen molar-refractivity contribution >= 4 is 11.8 Å². The number of rotatable bonds is 5. The number of hydrogen-bond donors (Lipinski definition) is 2. The van der Waals surface area contributed by atoms with Crippen molar-refractivity contribution in [2.75, 3.05) is 12.3 Å². The molecule has 1 aliphatic carbocycles. The Balaban J connectivity index is 1.81. The summed E-state index contributed by atoms with van der Waals surface area (Å²) in [5, 5.41) is 19.1. The van der Waals surface area contributed by atoms with Crippen molar-refractivity contribution in [2.24, 2.45) is 18.7 Å². The van der Waals surface area contributed by atoms with E-state index in [-0.39, 0.29) is 0 Å². The van der Waals surface area contributed by atoms with E-state index in [9.17, 15) is 5.11 Å². The van der Waals surface area contributed by atoms with Gasteiger partial charge < -0.3 is 15.4 Å². The average molecular weight is 256 g/mol. The highest BCUT2D eigenvalue weighted by Gasteiger charge is 2.39. The van der Waals surface area contributed by atoms with E-state index in [1.807, 2.05) is 11.6 Å². The quantitative estimate of drug-likeness (QED) is 0.762. The normalized spacial score (nSPS) is 28.8. The molecular formula is C11H20N4OS. The van der Waals surface area contributed by atoms with E-state index in [1.54, 1.807) is 18.1 Å². The predicted octanol–water partition coefficient (Wildman–Crippen LogP) is 0.787. The van der Waals surface area contributed by atoms with Crippen LogP contribution in [0.1, 0.15) is 25.7 Å². The van der Waals surface area contributed by atoms with Crippen molar-refractivity contribution in [3.63, 3.8) is 0 Å². The second-order valence-corrected chi connectivity index (χ2v) is 5.82. The molecule has 2 rings (SSSR count). The Morgan fingerprint density at radius 1 is 1.71 bits per heavy atom. The van der Waals surface area contributed by atoms with Crippen LogP contribution in [-0.4, -0.2) is 37.8 Å². The average Bonchev–Trinajstić information content (AvgIpc) is 2.88. The van der Waals surface area contributed by atoms with E-state index in [1.165, 1.54) is 0 Å². The summed E-state index contributed by atoms with van der Waals surface area (Å²) in [6, 6.07) is 0. The van der Waals surface area contributed by atoms with Gasteiger partial charge in [-0.25, -0.2) is 0 Å². The number of aryl methyl sites for hydroxylation is 1. The van der Waals surface area contributed by atoms with Crippen molar-refractivity contribution < 1.29 is 5.11 Å². The molecule has 3 N–H and O–H groups in total. The molecule has 1 heterocycles. The fourth-order valence-electron chi connectivity index (χ4n) is 2.50. The minimum Gasteiger partial charge on any atom is -0.388 e. The number of hydrogen-bond acceptors (Lipinski definition) is 5. The molecule has 1 aromatic heterocycles. The molecule has 1 fully saturated rings. The summed E-state index contributed by atoms with van der Waals surface area (Å²) in [5.41, 5.74) is 5.04. The molecule has 2 unspecified atom stereocenters. The molecule has 0 radical (unpaired) electrons. The largest absolute Gasteiger partial charge is 0.388 e. The monoisotopic (exact) mass is 256 g/mol. The zero-order valence-corrected chi connectivity index (χ0v) is 11.0. The van der Waals surface area contributed by atoms with Gasteiger partial charge in [-0.15, -0.1) is 10.2 Å². The lowest BCUT2D eigenvalue weighted by Gasteiger charge is -2.28. The van der Waals surface area contributed by atoms with Crippen molar-refractivity contribution in [3.05, 3.63) is 6.33 Å². The Kier molecular flexibility index (Phi) is 4.06. The van der Waals surface area contributed by atoms with Gasteiger partial charge in [0.2, 0.25) is 0 Å². The lowest BCUT2D eigenvalue weighted by Crippen LogP contribution is -2.41. The molecule has 1 saturated carbocycles. The van der Waals surface area contributed by atoms with Crippen LogP contribution in [0.25, 0.3) is 0 Å². The van der Waals surface area contributed by atoms with Crippen LogP contribution in [0.3, 0.4) is 0 Å². The molecule has 0 aliphatic heterocycles. The van der Waals surface area contributed by atoms with Crippen LogP contribution in [0.5, 0.6) is 0 Å². The van der Waals surface area contributed by atoms with Crippen LogP contribution in [0.4, 0.5) is 0 Å². The lowest BCUT2D eigenvalue weighted by atomic mass is 9.89. The summed E-state index contributed by atoms with van der Waals surface area (Å²) in [5.74, 6) is 1.30. The molecule has 0 saturated heterocycles. The third-order valence-corrected chi connectivity index (χ3v) is 4.71. The summed E-state index contributed by atoms with van der Waals surface area (Å²) >= 11 is 1.69. The van der Waals surface area contributed by atoms with Gasteiger partial charge in [-0.3, -0.25) is 0 Å². The number of nitrogens with zero attached hydrogens (tertiary/aromatic N) is 3. The molecular weight excluding hydrogens is 236 g/mol. The first-order valence-corrected chi connectivity index (χ1v) is 7.03. The number of aliphatic hydroxyl groups is 1. The van der Waals surface area contributed by atoms with Crippen molar-refractivity contribution in [2.45, 2.75) is 36.4 Å². The number of aromatic nitrogens is 3. The molecule has 0 bridgehead atoms. The highest BCUT2D eigenvalue weighted by Crippen LogP contribution is 2.38. The van der Waals surface area contributed by atoms with Gasteiger partial charge in [-0.05, 0) is 25.2 Å². The minimum atomic E-state index is -0.625. The molecule has 0 aromatic carbocycles. The van der Waals surface area contributed by atoms with Crippen LogP contribution < -0.4 is 5.73 Å². The van der Waals surface area contributed by atoms with Gasteiger partial charge >= 0.3 is 0 Å². The van der Waals surface area contributed by atoms with Gasteiger partial charge in [-0.1, -0.05) is 18.2 Å². The van der Waals surface area contributed by atoms with Crippen molar-refractivity contribution in [1.29, 1.82) is 0 Å². The van der Waals surface area contributed by atoms with E-state index in [0.29, 0.717) is 12.5 Å². The summed E-state index contributed by atoms with van der Waals surface area (Å²) in [4.78, 5) is 0. The number of nitrogens with two attached hydrogens (primary N) is 1. The van der Waals surface area contributed by atoms with E-state index in [2.05, 4.69) is 10.2 Å². The predicted molar refractivity (Wildman–Crippen MR) is 67.7 cm³/mol. The Labute approximate surface area is 106 Å². The summed E-state index contributed by atoms with van der Waals surface area (Å²) < 4.78 is 1.91. The highest BCUT2D eigenvalue weighted by atomic mass is 32.2. The van der Waals surface area contributed by atoms with Crippen LogP contribution in [0, 0.1) is 5.92 Å². The van der Waals surface area contributed by atoms with E-state index >= 15 is 0 Å². The van der Waals surface area contributed by atoms with Crippen LogP contribution >= 0.6 is 11.8 Å². The Bertz CT molecular complexity index is 370. The van der Waals surface area contributed by atoms with Gasteiger partial charge in [0.05, 0.1) is 5.60 Å². The maximum Gasteiger partial charge on any atom is 0.190 e. The van der Waals surface area contributed by atoms with Crippen LogP contribution in [-0.2, 0) is 7.05 Å². The zero-order valence-electron chi connectivity index (χ0n) is 10.2. The van der Waals surface area contributed by atoms with Gasteiger partial charge in [-0.2, -0.15) is 0 Å².